The van der Waals surface area contributed by atoms with Gasteiger partial charge in [-0.05, 0) is 30.9 Å². The van der Waals surface area contributed by atoms with Crippen LogP contribution in [0.3, 0.4) is 0 Å². The minimum Gasteiger partial charge on any atom is -0.374 e. The third-order valence-electron chi connectivity index (χ3n) is 1.55. The largest absolute Gasteiger partial charge is 0.374 e. The molecule has 1 aromatic heterocycles. The maximum atomic E-state index is 11.4. The van der Waals surface area contributed by atoms with Crippen molar-refractivity contribution >= 4 is 17.1 Å². The first-order valence-corrected chi connectivity index (χ1v) is 4.78. The predicted octanol–water partition coefficient (Wildman–Crippen LogP) is 2.28. The van der Waals surface area contributed by atoms with Crippen LogP contribution in [0.25, 0.3) is 0 Å². The Labute approximate surface area is 76.2 Å². The van der Waals surface area contributed by atoms with Gasteiger partial charge in [-0.3, -0.25) is 4.79 Å². The number of hydrogen-bond acceptors (Lipinski definition) is 3. The molecule has 0 aliphatic rings. The van der Waals surface area contributed by atoms with Crippen molar-refractivity contribution in [2.45, 2.75) is 13.8 Å². The third-order valence-corrected chi connectivity index (χ3v) is 2.61. The fourth-order valence-corrected chi connectivity index (χ4v) is 1.77. The van der Waals surface area contributed by atoms with Crippen molar-refractivity contribution < 1.29 is 9.53 Å². The number of carbonyl (C=O) groups is 1. The Morgan fingerprint density at radius 3 is 2.92 bits per heavy atom. The number of Topliss-reactive ketones (excluding diaryl/α,β-unsaturated/α-hetero) is 1. The lowest BCUT2D eigenvalue weighted by molar-refractivity contribution is 0.0787. The Hall–Kier alpha value is -0.670. The zero-order valence-corrected chi connectivity index (χ0v) is 8.11. The highest BCUT2D eigenvalue weighted by molar-refractivity contribution is 7.12. The van der Waals surface area contributed by atoms with Gasteiger partial charge in [-0.25, -0.2) is 0 Å². The molecule has 0 amide bonds. The highest BCUT2D eigenvalue weighted by Gasteiger charge is 2.09. The fourth-order valence-electron chi connectivity index (χ4n) is 0.919. The Morgan fingerprint density at radius 1 is 1.67 bits per heavy atom. The second kappa shape index (κ2) is 4.38. The molecule has 2 nitrogen and oxygen atoms in total. The van der Waals surface area contributed by atoms with Crippen LogP contribution in [0.15, 0.2) is 11.4 Å². The maximum Gasteiger partial charge on any atom is 0.198 e. The first-order valence-electron chi connectivity index (χ1n) is 3.90. The van der Waals surface area contributed by atoms with Gasteiger partial charge in [0.25, 0.3) is 0 Å². The lowest BCUT2D eigenvalue weighted by Gasteiger charge is -1.98. The van der Waals surface area contributed by atoms with Crippen LogP contribution in [-0.2, 0) is 4.74 Å². The van der Waals surface area contributed by atoms with Crippen LogP contribution < -0.4 is 0 Å². The molecule has 66 valence electrons. The average molecular weight is 184 g/mol. The van der Waals surface area contributed by atoms with Crippen molar-refractivity contribution in [3.05, 3.63) is 21.9 Å². The van der Waals surface area contributed by atoms with Crippen molar-refractivity contribution in [3.63, 3.8) is 0 Å². The zero-order chi connectivity index (χ0) is 8.97. The van der Waals surface area contributed by atoms with E-state index in [1.807, 2.05) is 25.3 Å². The van der Waals surface area contributed by atoms with Crippen molar-refractivity contribution in [2.24, 2.45) is 0 Å². The molecular weight excluding hydrogens is 172 g/mol. The summed E-state index contributed by atoms with van der Waals surface area (Å²) >= 11 is 1.48. The number of rotatable bonds is 4. The lowest BCUT2D eigenvalue weighted by Crippen LogP contribution is -2.08. The van der Waals surface area contributed by atoms with Crippen LogP contribution >= 0.6 is 11.3 Å². The normalized spacial score (nSPS) is 10.2. The van der Waals surface area contributed by atoms with E-state index < -0.39 is 0 Å². The molecule has 12 heavy (non-hydrogen) atoms. The lowest BCUT2D eigenvalue weighted by atomic mass is 10.2. The summed E-state index contributed by atoms with van der Waals surface area (Å²) in [5.74, 6) is 0.0874. The van der Waals surface area contributed by atoms with Crippen molar-refractivity contribution in [2.75, 3.05) is 13.2 Å². The first-order chi connectivity index (χ1) is 5.75. The SMILES string of the molecule is CCOCC(=O)c1sccc1C. The molecule has 0 aliphatic heterocycles. The van der Waals surface area contributed by atoms with Crippen LogP contribution in [0, 0.1) is 6.92 Å². The molecule has 3 heteroatoms. The van der Waals surface area contributed by atoms with Crippen LogP contribution in [0.5, 0.6) is 0 Å². The number of hydrogen-bond donors (Lipinski definition) is 0. The molecule has 0 saturated carbocycles. The van der Waals surface area contributed by atoms with E-state index in [1.54, 1.807) is 0 Å². The number of thiophene rings is 1. The molecule has 0 saturated heterocycles. The molecule has 0 bridgehead atoms. The van der Waals surface area contributed by atoms with Gasteiger partial charge in [-0.1, -0.05) is 0 Å². The number of aryl methyl sites for hydroxylation is 1. The molecule has 1 aromatic rings. The Kier molecular flexibility index (Phi) is 3.44. The molecule has 0 aromatic carbocycles. The molecule has 0 spiro atoms. The quantitative estimate of drug-likeness (QED) is 0.671. The third kappa shape index (κ3) is 2.16. The molecular formula is C9H12O2S. The zero-order valence-electron chi connectivity index (χ0n) is 7.29. The topological polar surface area (TPSA) is 26.3 Å². The van der Waals surface area contributed by atoms with Gasteiger partial charge in [0, 0.05) is 6.61 Å². The van der Waals surface area contributed by atoms with Crippen molar-refractivity contribution in [1.29, 1.82) is 0 Å². The average Bonchev–Trinajstić information content (AvgIpc) is 2.47. The van der Waals surface area contributed by atoms with E-state index in [-0.39, 0.29) is 12.4 Å². The van der Waals surface area contributed by atoms with Gasteiger partial charge in [-0.15, -0.1) is 11.3 Å². The number of ether oxygens (including phenoxy) is 1. The van der Waals surface area contributed by atoms with E-state index in [9.17, 15) is 4.79 Å². The smallest absolute Gasteiger partial charge is 0.198 e. The van der Waals surface area contributed by atoms with E-state index in [4.69, 9.17) is 4.74 Å². The Morgan fingerprint density at radius 2 is 2.42 bits per heavy atom. The highest BCUT2D eigenvalue weighted by Crippen LogP contribution is 2.15. The van der Waals surface area contributed by atoms with Crippen LogP contribution in [0.4, 0.5) is 0 Å². The van der Waals surface area contributed by atoms with Gasteiger partial charge < -0.3 is 4.74 Å². The molecule has 0 N–H and O–H groups in total. The van der Waals surface area contributed by atoms with E-state index in [2.05, 4.69) is 0 Å². The minimum absolute atomic E-state index is 0.0874. The summed E-state index contributed by atoms with van der Waals surface area (Å²) in [7, 11) is 0. The first kappa shape index (κ1) is 9.42. The van der Waals surface area contributed by atoms with Gasteiger partial charge >= 0.3 is 0 Å². The van der Waals surface area contributed by atoms with Crippen LogP contribution in [0.2, 0.25) is 0 Å². The van der Waals surface area contributed by atoms with Crippen LogP contribution in [-0.4, -0.2) is 19.0 Å². The predicted molar refractivity (Wildman–Crippen MR) is 49.9 cm³/mol. The summed E-state index contributed by atoms with van der Waals surface area (Å²) in [5.41, 5.74) is 1.05. The molecule has 0 fully saturated rings. The van der Waals surface area contributed by atoms with E-state index in [0.717, 1.165) is 10.4 Å². The van der Waals surface area contributed by atoms with Gasteiger partial charge in [0.05, 0.1) is 4.88 Å². The van der Waals surface area contributed by atoms with Crippen molar-refractivity contribution in [3.8, 4) is 0 Å². The van der Waals surface area contributed by atoms with Gasteiger partial charge in [0.1, 0.15) is 6.61 Å². The maximum absolute atomic E-state index is 11.4. The summed E-state index contributed by atoms with van der Waals surface area (Å²) in [6.07, 6.45) is 0. The van der Waals surface area contributed by atoms with Gasteiger partial charge in [0.2, 0.25) is 0 Å². The van der Waals surface area contributed by atoms with E-state index in [0.29, 0.717) is 6.61 Å². The Bertz CT molecular complexity index is 265. The fraction of sp³-hybridized carbons (Fsp3) is 0.444. The summed E-state index contributed by atoms with van der Waals surface area (Å²) < 4.78 is 5.03. The van der Waals surface area contributed by atoms with Gasteiger partial charge in [-0.2, -0.15) is 0 Å². The monoisotopic (exact) mass is 184 g/mol. The second-order valence-electron chi connectivity index (χ2n) is 2.49. The Balaban J connectivity index is 2.59. The standard InChI is InChI=1S/C9H12O2S/c1-3-11-6-8(10)9-7(2)4-5-12-9/h4-5H,3,6H2,1-2H3. The molecule has 1 heterocycles. The molecule has 0 radical (unpaired) electrons. The van der Waals surface area contributed by atoms with E-state index >= 15 is 0 Å². The minimum atomic E-state index is 0.0874. The number of ketones is 1. The van der Waals surface area contributed by atoms with E-state index in [1.165, 1.54) is 11.3 Å². The van der Waals surface area contributed by atoms with Crippen molar-refractivity contribution in [1.82, 2.24) is 0 Å². The molecule has 0 atom stereocenters. The summed E-state index contributed by atoms with van der Waals surface area (Å²) in [6.45, 7) is 4.62. The number of carbonyl (C=O) groups excluding carboxylic acids is 1. The highest BCUT2D eigenvalue weighted by atomic mass is 32.1. The molecule has 0 unspecified atom stereocenters. The summed E-state index contributed by atoms with van der Waals surface area (Å²) in [4.78, 5) is 12.2. The van der Waals surface area contributed by atoms with Gasteiger partial charge in [0.15, 0.2) is 5.78 Å². The second-order valence-corrected chi connectivity index (χ2v) is 3.41. The summed E-state index contributed by atoms with van der Waals surface area (Å²) in [5, 5.41) is 1.93. The summed E-state index contributed by atoms with van der Waals surface area (Å²) in [6, 6.07) is 1.95. The van der Waals surface area contributed by atoms with Crippen LogP contribution in [0.1, 0.15) is 22.2 Å². The molecule has 1 rings (SSSR count). The molecule has 0 aliphatic carbocycles.